The molecule has 5 unspecified atom stereocenters. The van der Waals surface area contributed by atoms with Crippen LogP contribution in [0.5, 0.6) is 0 Å². The number of hydrogen-bond donors (Lipinski definition) is 2. The van der Waals surface area contributed by atoms with E-state index in [0.717, 1.165) is 0 Å². The van der Waals surface area contributed by atoms with Crippen LogP contribution in [0.25, 0.3) is 0 Å². The van der Waals surface area contributed by atoms with Gasteiger partial charge in [0.1, 0.15) is 0 Å². The molecule has 1 aromatic rings. The van der Waals surface area contributed by atoms with Gasteiger partial charge in [-0.25, -0.2) is 9.18 Å². The Hall–Kier alpha value is -2.55. The fourth-order valence-corrected chi connectivity index (χ4v) is 3.66. The second-order valence-electron chi connectivity index (χ2n) is 6.08. The molecule has 2 aliphatic carbocycles. The summed E-state index contributed by atoms with van der Waals surface area (Å²) < 4.78 is 19.7. The number of benzene rings is 1. The molecule has 9 heteroatoms. The summed E-state index contributed by atoms with van der Waals surface area (Å²) in [6.45, 7) is -0.0675. The molecule has 24 heavy (non-hydrogen) atoms. The Bertz CT molecular complexity index is 724. The van der Waals surface area contributed by atoms with Crippen molar-refractivity contribution < 1.29 is 33.9 Å². The zero-order valence-electron chi connectivity index (χ0n) is 12.3. The van der Waals surface area contributed by atoms with E-state index in [0.29, 0.717) is 5.56 Å². The number of carbonyl (C=O) groups is 2. The van der Waals surface area contributed by atoms with E-state index in [2.05, 4.69) is 0 Å². The van der Waals surface area contributed by atoms with Crippen LogP contribution < -0.4 is 0 Å². The molecule has 0 radical (unpaired) electrons. The Kier molecular flexibility index (Phi) is 3.75. The van der Waals surface area contributed by atoms with Crippen LogP contribution in [0, 0.1) is 27.9 Å². The van der Waals surface area contributed by atoms with Gasteiger partial charge >= 0.3 is 11.9 Å². The number of carboxylic acids is 2. The predicted molar refractivity (Wildman–Crippen MR) is 75.9 cm³/mol. The molecular weight excluding hydrogens is 325 g/mol. The predicted octanol–water partition coefficient (Wildman–Crippen LogP) is 1.62. The van der Waals surface area contributed by atoms with Crippen molar-refractivity contribution in [3.8, 4) is 0 Å². The summed E-state index contributed by atoms with van der Waals surface area (Å²) >= 11 is 0. The molecule has 2 N–H and O–H groups in total. The van der Waals surface area contributed by atoms with Gasteiger partial charge < -0.3 is 14.9 Å². The lowest BCUT2D eigenvalue weighted by Crippen LogP contribution is -2.36. The molecular formula is C15H14FNO7. The van der Waals surface area contributed by atoms with Crippen molar-refractivity contribution in [3.05, 3.63) is 39.9 Å². The zero-order chi connectivity index (χ0) is 17.6. The van der Waals surface area contributed by atoms with Gasteiger partial charge in [0.25, 0.3) is 5.69 Å². The average Bonchev–Trinajstić information content (AvgIpc) is 2.93. The molecule has 1 aromatic carbocycles. The van der Waals surface area contributed by atoms with Crippen LogP contribution in [0.1, 0.15) is 12.0 Å². The number of nitro groups is 1. The molecule has 2 fully saturated rings. The second kappa shape index (κ2) is 5.52. The molecule has 0 aromatic heterocycles. The van der Waals surface area contributed by atoms with E-state index < -0.39 is 46.4 Å². The molecule has 8 nitrogen and oxygen atoms in total. The summed E-state index contributed by atoms with van der Waals surface area (Å²) in [7, 11) is 0. The lowest BCUT2D eigenvalue weighted by molar-refractivity contribution is -0.385. The summed E-state index contributed by atoms with van der Waals surface area (Å²) in [4.78, 5) is 32.5. The highest BCUT2D eigenvalue weighted by molar-refractivity contribution is 5.86. The molecule has 3 rings (SSSR count). The van der Waals surface area contributed by atoms with Crippen molar-refractivity contribution in [2.45, 2.75) is 24.8 Å². The Morgan fingerprint density at radius 2 is 2.12 bits per heavy atom. The first-order valence-electron chi connectivity index (χ1n) is 7.27. The van der Waals surface area contributed by atoms with Crippen LogP contribution in [-0.2, 0) is 20.9 Å². The molecule has 5 atom stereocenters. The average molecular weight is 339 g/mol. The molecule has 2 aliphatic rings. The highest BCUT2D eigenvalue weighted by Gasteiger charge is 2.80. The first kappa shape index (κ1) is 16.3. The van der Waals surface area contributed by atoms with Gasteiger partial charge in [-0.3, -0.25) is 14.9 Å². The maximum Gasteiger partial charge on any atom is 0.342 e. The van der Waals surface area contributed by atoms with Gasteiger partial charge in [0.15, 0.2) is 0 Å². The smallest absolute Gasteiger partial charge is 0.342 e. The maximum atomic E-state index is 14.2. The second-order valence-corrected chi connectivity index (χ2v) is 6.08. The van der Waals surface area contributed by atoms with Crippen molar-refractivity contribution >= 4 is 17.6 Å². The number of fused-ring (bicyclic) bond motifs is 1. The Labute approximate surface area is 135 Å². The number of aliphatic carboxylic acids is 2. The van der Waals surface area contributed by atoms with Gasteiger partial charge in [0.05, 0.1) is 23.6 Å². The van der Waals surface area contributed by atoms with E-state index in [-0.39, 0.29) is 18.7 Å². The molecule has 0 amide bonds. The van der Waals surface area contributed by atoms with Crippen LogP contribution in [-0.4, -0.2) is 38.8 Å². The van der Waals surface area contributed by atoms with Crippen molar-refractivity contribution in [1.29, 1.82) is 0 Å². The highest BCUT2D eigenvalue weighted by Crippen LogP contribution is 2.66. The van der Waals surface area contributed by atoms with Crippen LogP contribution in [0.3, 0.4) is 0 Å². The third-order valence-corrected chi connectivity index (χ3v) is 4.82. The molecule has 0 aliphatic heterocycles. The molecule has 0 bridgehead atoms. The Morgan fingerprint density at radius 3 is 2.71 bits per heavy atom. The number of hydrogen-bond acceptors (Lipinski definition) is 5. The number of nitro benzene ring substituents is 1. The summed E-state index contributed by atoms with van der Waals surface area (Å²) in [6.07, 6.45) is -0.820. The van der Waals surface area contributed by atoms with Crippen LogP contribution in [0.15, 0.2) is 24.3 Å². The maximum absolute atomic E-state index is 14.2. The largest absolute Gasteiger partial charge is 0.481 e. The SMILES string of the molecule is O=C(O)C1C(OCc2cccc([N+](=O)[O-])c2)CC2C1C2(F)C(=O)O. The number of rotatable bonds is 6. The lowest BCUT2D eigenvalue weighted by atomic mass is 9.96. The van der Waals surface area contributed by atoms with E-state index in [4.69, 9.17) is 9.84 Å². The Balaban J connectivity index is 1.69. The minimum atomic E-state index is -2.49. The normalized spacial score (nSPS) is 33.7. The third kappa shape index (κ3) is 2.41. The van der Waals surface area contributed by atoms with E-state index >= 15 is 0 Å². The van der Waals surface area contributed by atoms with Gasteiger partial charge in [-0.2, -0.15) is 0 Å². The minimum absolute atomic E-state index is 0.000635. The van der Waals surface area contributed by atoms with Crippen molar-refractivity contribution in [3.63, 3.8) is 0 Å². The third-order valence-electron chi connectivity index (χ3n) is 4.82. The van der Waals surface area contributed by atoms with E-state index in [1.165, 1.54) is 18.2 Å². The number of alkyl halides is 1. The van der Waals surface area contributed by atoms with E-state index in [1.54, 1.807) is 6.07 Å². The van der Waals surface area contributed by atoms with E-state index in [1.807, 2.05) is 0 Å². The topological polar surface area (TPSA) is 127 Å². The number of nitrogens with zero attached hydrogens (tertiary/aromatic N) is 1. The van der Waals surface area contributed by atoms with Gasteiger partial charge in [-0.15, -0.1) is 0 Å². The van der Waals surface area contributed by atoms with Crippen molar-refractivity contribution in [2.75, 3.05) is 0 Å². The van der Waals surface area contributed by atoms with Crippen molar-refractivity contribution in [1.82, 2.24) is 0 Å². The molecule has 128 valence electrons. The summed E-state index contributed by atoms with van der Waals surface area (Å²) in [6, 6.07) is 5.70. The summed E-state index contributed by atoms with van der Waals surface area (Å²) in [5, 5.41) is 28.9. The van der Waals surface area contributed by atoms with E-state index in [9.17, 15) is 29.2 Å². The first-order chi connectivity index (χ1) is 11.3. The molecule has 0 spiro atoms. The van der Waals surface area contributed by atoms with Crippen LogP contribution >= 0.6 is 0 Å². The number of halogens is 1. The standard InChI is InChI=1S/C15H14FNO7/c16-15(14(20)21)9-5-10(11(12(9)15)13(18)19)24-6-7-2-1-3-8(4-7)17(22)23/h1-4,9-12H,5-6H2,(H,18,19)(H,20,21). The van der Waals surface area contributed by atoms with Crippen molar-refractivity contribution in [2.24, 2.45) is 17.8 Å². The fraction of sp³-hybridized carbons (Fsp3) is 0.467. The van der Waals surface area contributed by atoms with Gasteiger partial charge in [-0.05, 0) is 12.0 Å². The first-order valence-corrected chi connectivity index (χ1v) is 7.27. The van der Waals surface area contributed by atoms with Crippen LogP contribution in [0.4, 0.5) is 10.1 Å². The monoisotopic (exact) mass is 339 g/mol. The number of carboxylic acid groups (broad SMARTS) is 2. The van der Waals surface area contributed by atoms with Crippen LogP contribution in [0.2, 0.25) is 0 Å². The summed E-state index contributed by atoms with van der Waals surface area (Å²) in [5.41, 5.74) is -2.12. The molecule has 2 saturated carbocycles. The molecule has 0 saturated heterocycles. The fourth-order valence-electron chi connectivity index (χ4n) is 3.66. The van der Waals surface area contributed by atoms with Gasteiger partial charge in [0.2, 0.25) is 5.67 Å². The molecule has 0 heterocycles. The number of non-ortho nitro benzene ring substituents is 1. The zero-order valence-corrected chi connectivity index (χ0v) is 12.3. The summed E-state index contributed by atoms with van der Waals surface area (Å²) in [5.74, 6) is -6.14. The minimum Gasteiger partial charge on any atom is -0.481 e. The van der Waals surface area contributed by atoms with Gasteiger partial charge in [0, 0.05) is 24.0 Å². The Morgan fingerprint density at radius 1 is 1.42 bits per heavy atom. The lowest BCUT2D eigenvalue weighted by Gasteiger charge is -2.22. The number of ether oxygens (including phenoxy) is 1. The quantitative estimate of drug-likeness (QED) is 0.595. The van der Waals surface area contributed by atoms with Gasteiger partial charge in [-0.1, -0.05) is 12.1 Å². The highest BCUT2D eigenvalue weighted by atomic mass is 19.1.